The number of carboxylic acids is 2. The molecule has 0 unspecified atom stereocenters. The Kier molecular flexibility index (Phi) is 18.8. The number of hydrogen-bond donors (Lipinski definition) is 2. The minimum atomic E-state index is -0.948. The highest BCUT2D eigenvalue weighted by Crippen LogP contribution is 2.22. The van der Waals surface area contributed by atoms with E-state index in [0.29, 0.717) is 0 Å². The van der Waals surface area contributed by atoms with Crippen LogP contribution in [0.5, 0.6) is 0 Å². The van der Waals surface area contributed by atoms with Crippen molar-refractivity contribution in [1.29, 1.82) is 0 Å². The van der Waals surface area contributed by atoms with Crippen LogP contribution in [0, 0.1) is 0 Å². The van der Waals surface area contributed by atoms with Gasteiger partial charge in [0.25, 0.3) is 0 Å². The van der Waals surface area contributed by atoms with Crippen molar-refractivity contribution in [3.05, 3.63) is 0 Å². The molecule has 6 heteroatoms. The molecule has 0 atom stereocenters. The van der Waals surface area contributed by atoms with Crippen LogP contribution in [0.25, 0.3) is 0 Å². The lowest BCUT2D eigenvalue weighted by molar-refractivity contribution is -0.138. The molecule has 0 heterocycles. The third kappa shape index (κ3) is 15.3. The second-order valence-electron chi connectivity index (χ2n) is 8.67. The molecule has 6 nitrogen and oxygen atoms in total. The first-order valence-electron chi connectivity index (χ1n) is 12.8. The van der Waals surface area contributed by atoms with E-state index in [1.807, 2.05) is 0 Å². The lowest BCUT2D eigenvalue weighted by Gasteiger charge is -2.32. The van der Waals surface area contributed by atoms with Gasteiger partial charge in [0.05, 0.1) is 0 Å². The molecular weight excluding hydrogens is 392 g/mol. The minimum Gasteiger partial charge on any atom is -0.481 e. The van der Waals surface area contributed by atoms with Gasteiger partial charge in [0.2, 0.25) is 0 Å². The van der Waals surface area contributed by atoms with Gasteiger partial charge in [-0.05, 0) is 58.3 Å². The molecule has 0 amide bonds. The van der Waals surface area contributed by atoms with E-state index in [0.717, 1.165) is 12.1 Å². The largest absolute Gasteiger partial charge is 0.481 e. The molecule has 2 saturated carbocycles. The molecule has 0 spiro atoms. The van der Waals surface area contributed by atoms with Crippen molar-refractivity contribution in [3.8, 4) is 0 Å². The number of carboxylic acid groups (broad SMARTS) is 2. The van der Waals surface area contributed by atoms with Crippen LogP contribution in [0.2, 0.25) is 0 Å². The molecule has 0 aliphatic heterocycles. The summed E-state index contributed by atoms with van der Waals surface area (Å²) in [5, 5.41) is 16.1. The fourth-order valence-electron chi connectivity index (χ4n) is 4.76. The molecule has 0 bridgehead atoms. The quantitative estimate of drug-likeness (QED) is 0.455. The maximum absolute atomic E-state index is 9.79. The molecular formula is C25H50N2O4. The highest BCUT2D eigenvalue weighted by atomic mass is 16.4. The van der Waals surface area contributed by atoms with Gasteiger partial charge >= 0.3 is 11.9 Å². The summed E-state index contributed by atoms with van der Waals surface area (Å²) in [4.78, 5) is 24.8. The Morgan fingerprint density at radius 3 is 1.13 bits per heavy atom. The molecule has 184 valence electrons. The summed E-state index contributed by atoms with van der Waals surface area (Å²) in [7, 11) is 0. The Labute approximate surface area is 191 Å². The highest BCUT2D eigenvalue weighted by molar-refractivity contribution is 5.69. The van der Waals surface area contributed by atoms with Crippen LogP contribution in [0.4, 0.5) is 0 Å². The van der Waals surface area contributed by atoms with E-state index in [4.69, 9.17) is 10.2 Å². The highest BCUT2D eigenvalue weighted by Gasteiger charge is 2.18. The lowest BCUT2D eigenvalue weighted by Crippen LogP contribution is -2.36. The minimum absolute atomic E-state index is 0.0632. The summed E-state index contributed by atoms with van der Waals surface area (Å²) >= 11 is 0. The van der Waals surface area contributed by atoms with Crippen LogP contribution in [0.15, 0.2) is 0 Å². The van der Waals surface area contributed by atoms with Crippen molar-refractivity contribution < 1.29 is 19.8 Å². The molecule has 2 N–H and O–H groups in total. The van der Waals surface area contributed by atoms with E-state index in [-0.39, 0.29) is 19.3 Å². The third-order valence-corrected chi connectivity index (χ3v) is 6.59. The summed E-state index contributed by atoms with van der Waals surface area (Å²) in [6.07, 6.45) is 14.6. The van der Waals surface area contributed by atoms with Crippen molar-refractivity contribution in [2.24, 2.45) is 0 Å². The van der Waals surface area contributed by atoms with Crippen LogP contribution < -0.4 is 0 Å². The van der Waals surface area contributed by atoms with Gasteiger partial charge in [-0.1, -0.05) is 66.2 Å². The molecule has 0 aromatic heterocycles. The van der Waals surface area contributed by atoms with Crippen LogP contribution in [0.3, 0.4) is 0 Å². The van der Waals surface area contributed by atoms with E-state index in [2.05, 4.69) is 37.5 Å². The molecule has 0 saturated heterocycles. The van der Waals surface area contributed by atoms with E-state index < -0.39 is 11.9 Å². The van der Waals surface area contributed by atoms with Crippen LogP contribution in [0.1, 0.15) is 111 Å². The first-order valence-corrected chi connectivity index (χ1v) is 12.8. The van der Waals surface area contributed by atoms with Crippen LogP contribution >= 0.6 is 0 Å². The first-order chi connectivity index (χ1) is 14.9. The smallest absolute Gasteiger partial charge is 0.303 e. The van der Waals surface area contributed by atoms with Crippen molar-refractivity contribution in [2.45, 2.75) is 123 Å². The summed E-state index contributed by atoms with van der Waals surface area (Å²) in [6, 6.07) is 1.83. The van der Waals surface area contributed by atoms with Crippen molar-refractivity contribution in [1.82, 2.24) is 9.80 Å². The zero-order chi connectivity index (χ0) is 23.5. The monoisotopic (exact) mass is 442 g/mol. The van der Waals surface area contributed by atoms with Gasteiger partial charge in [-0.2, -0.15) is 0 Å². The van der Waals surface area contributed by atoms with E-state index in [9.17, 15) is 9.59 Å². The second kappa shape index (κ2) is 19.5. The van der Waals surface area contributed by atoms with E-state index >= 15 is 0 Å². The van der Waals surface area contributed by atoms with E-state index in [1.165, 1.54) is 90.4 Å². The normalized spacial score (nSPS) is 17.5. The fourth-order valence-corrected chi connectivity index (χ4v) is 4.76. The van der Waals surface area contributed by atoms with E-state index in [1.54, 1.807) is 0 Å². The maximum atomic E-state index is 9.79. The lowest BCUT2D eigenvalue weighted by atomic mass is 9.94. The zero-order valence-electron chi connectivity index (χ0n) is 20.8. The van der Waals surface area contributed by atoms with Crippen molar-refractivity contribution in [3.63, 3.8) is 0 Å². The molecule has 31 heavy (non-hydrogen) atoms. The summed E-state index contributed by atoms with van der Waals surface area (Å²) in [6.45, 7) is 14.1. The Hall–Kier alpha value is -1.14. The van der Waals surface area contributed by atoms with Crippen LogP contribution in [-0.2, 0) is 9.59 Å². The predicted octanol–water partition coefficient (Wildman–Crippen LogP) is 5.65. The molecule has 0 aromatic rings. The van der Waals surface area contributed by atoms with Gasteiger partial charge < -0.3 is 20.0 Å². The topological polar surface area (TPSA) is 81.1 Å². The van der Waals surface area contributed by atoms with Crippen molar-refractivity contribution >= 4 is 11.9 Å². The van der Waals surface area contributed by atoms with Gasteiger partial charge in [-0.3, -0.25) is 9.59 Å². The first kappa shape index (κ1) is 29.9. The van der Waals surface area contributed by atoms with Gasteiger partial charge in [0.15, 0.2) is 0 Å². The zero-order valence-corrected chi connectivity index (χ0v) is 20.8. The molecule has 0 aromatic carbocycles. The number of nitrogens with zero attached hydrogens (tertiary/aromatic N) is 2. The van der Waals surface area contributed by atoms with Gasteiger partial charge in [0.1, 0.15) is 0 Å². The Bertz CT molecular complexity index is 399. The summed E-state index contributed by atoms with van der Waals surface area (Å²) in [5.41, 5.74) is 0. The molecule has 2 aliphatic rings. The second-order valence-corrected chi connectivity index (χ2v) is 8.67. The molecule has 0 radical (unpaired) electrons. The fraction of sp³-hybridized carbons (Fsp3) is 0.920. The molecule has 2 rings (SSSR count). The maximum Gasteiger partial charge on any atom is 0.303 e. The average molecular weight is 443 g/mol. The number of rotatable bonds is 10. The third-order valence-electron chi connectivity index (χ3n) is 6.59. The number of hydrogen-bond acceptors (Lipinski definition) is 4. The predicted molar refractivity (Wildman–Crippen MR) is 129 cm³/mol. The summed E-state index contributed by atoms with van der Waals surface area (Å²) in [5.74, 6) is -1.90. The average Bonchev–Trinajstić information content (AvgIpc) is 2.77. The SMILES string of the molecule is CCN(CC)C1CCCCC1.CCN(CC)C1CCCCC1.O=C(O)CCCC(=O)O. The standard InChI is InChI=1S/2C10H21N.C5H8O4/c2*1-3-11(4-2)10-8-6-5-7-9-10;6-4(7)2-1-3-5(8)9/h2*10H,3-9H2,1-2H3;1-3H2,(H,6,7)(H,8,9). The van der Waals surface area contributed by atoms with Crippen molar-refractivity contribution in [2.75, 3.05) is 26.2 Å². The Morgan fingerprint density at radius 2 is 0.903 bits per heavy atom. The van der Waals surface area contributed by atoms with Gasteiger partial charge in [-0.15, -0.1) is 0 Å². The van der Waals surface area contributed by atoms with Gasteiger partial charge in [-0.25, -0.2) is 0 Å². The summed E-state index contributed by atoms with van der Waals surface area (Å²) < 4.78 is 0. The molecule has 2 aliphatic carbocycles. The number of aliphatic carboxylic acids is 2. The number of carbonyl (C=O) groups is 2. The Morgan fingerprint density at radius 1 is 0.613 bits per heavy atom. The van der Waals surface area contributed by atoms with Gasteiger partial charge in [0, 0.05) is 24.9 Å². The van der Waals surface area contributed by atoms with Crippen LogP contribution in [-0.4, -0.2) is 70.2 Å². The Balaban J connectivity index is 0.000000439. The molecule has 2 fully saturated rings.